The second-order valence-electron chi connectivity index (χ2n) is 6.31. The van der Waals surface area contributed by atoms with Crippen molar-refractivity contribution in [2.24, 2.45) is 0 Å². The Kier molecular flexibility index (Phi) is 5.14. The van der Waals surface area contributed by atoms with E-state index in [1.54, 1.807) is 40.3 Å². The van der Waals surface area contributed by atoms with Crippen LogP contribution >= 0.6 is 0 Å². The molecule has 3 aromatic rings. The summed E-state index contributed by atoms with van der Waals surface area (Å²) in [7, 11) is 0. The standard InChI is InChI=1S/C19H19FN6O2/c20-15-3-1-2-4-16(15)28-13-19(27)25-11-9-24(10-12-25)17-5-6-18(23-22-17)26-8-7-21-14-26/h1-8,14H,9-13H2. The molecule has 1 fully saturated rings. The van der Waals surface area contributed by atoms with E-state index in [0.29, 0.717) is 32.0 Å². The van der Waals surface area contributed by atoms with Gasteiger partial charge in [0.25, 0.3) is 5.91 Å². The van der Waals surface area contributed by atoms with E-state index in [-0.39, 0.29) is 18.3 Å². The van der Waals surface area contributed by atoms with Crippen LogP contribution in [0.2, 0.25) is 0 Å². The van der Waals surface area contributed by atoms with Crippen LogP contribution < -0.4 is 9.64 Å². The van der Waals surface area contributed by atoms with Crippen LogP contribution in [0.3, 0.4) is 0 Å². The molecule has 1 amide bonds. The van der Waals surface area contributed by atoms with E-state index in [1.165, 1.54) is 12.1 Å². The van der Waals surface area contributed by atoms with Crippen molar-refractivity contribution in [3.05, 3.63) is 60.9 Å². The van der Waals surface area contributed by atoms with Crippen LogP contribution in [-0.4, -0.2) is 63.3 Å². The summed E-state index contributed by atoms with van der Waals surface area (Å²) in [5, 5.41) is 8.49. The summed E-state index contributed by atoms with van der Waals surface area (Å²) in [5.41, 5.74) is 0. The maximum absolute atomic E-state index is 13.6. The van der Waals surface area contributed by atoms with E-state index in [4.69, 9.17) is 4.74 Å². The van der Waals surface area contributed by atoms with Crippen LogP contribution in [0.5, 0.6) is 5.75 Å². The van der Waals surface area contributed by atoms with Gasteiger partial charge in [0.2, 0.25) is 0 Å². The smallest absolute Gasteiger partial charge is 0.260 e. The predicted octanol–water partition coefficient (Wildman–Crippen LogP) is 1.53. The predicted molar refractivity (Wildman–Crippen MR) is 99.8 cm³/mol. The fraction of sp³-hybridized carbons (Fsp3) is 0.263. The van der Waals surface area contributed by atoms with E-state index in [9.17, 15) is 9.18 Å². The van der Waals surface area contributed by atoms with Crippen LogP contribution in [0.15, 0.2) is 55.1 Å². The average Bonchev–Trinajstić information content (AvgIpc) is 3.28. The molecule has 9 heteroatoms. The van der Waals surface area contributed by atoms with Crippen molar-refractivity contribution in [2.75, 3.05) is 37.7 Å². The minimum atomic E-state index is -0.474. The van der Waals surface area contributed by atoms with Crippen LogP contribution in [-0.2, 0) is 4.79 Å². The summed E-state index contributed by atoms with van der Waals surface area (Å²) in [6, 6.07) is 9.84. The fourth-order valence-corrected chi connectivity index (χ4v) is 3.00. The first-order chi connectivity index (χ1) is 13.7. The molecule has 3 heterocycles. The largest absolute Gasteiger partial charge is 0.481 e. The number of benzene rings is 1. The number of rotatable bonds is 5. The fourth-order valence-electron chi connectivity index (χ4n) is 3.00. The summed E-state index contributed by atoms with van der Waals surface area (Å²) in [6.45, 7) is 2.20. The Labute approximate surface area is 161 Å². The zero-order chi connectivity index (χ0) is 19.3. The van der Waals surface area contributed by atoms with Gasteiger partial charge in [0.1, 0.15) is 6.33 Å². The molecule has 0 saturated carbocycles. The van der Waals surface area contributed by atoms with Gasteiger partial charge in [-0.2, -0.15) is 0 Å². The molecule has 28 heavy (non-hydrogen) atoms. The first kappa shape index (κ1) is 17.9. The highest BCUT2D eigenvalue weighted by atomic mass is 19.1. The van der Waals surface area contributed by atoms with Gasteiger partial charge in [0, 0.05) is 38.6 Å². The van der Waals surface area contributed by atoms with Gasteiger partial charge in [-0.1, -0.05) is 12.1 Å². The normalized spacial score (nSPS) is 14.2. The molecule has 8 nitrogen and oxygen atoms in total. The average molecular weight is 382 g/mol. The molecule has 0 N–H and O–H groups in total. The Balaban J connectivity index is 1.29. The van der Waals surface area contributed by atoms with Crippen LogP contribution in [0, 0.1) is 5.82 Å². The maximum atomic E-state index is 13.6. The first-order valence-electron chi connectivity index (χ1n) is 8.93. The molecule has 0 spiro atoms. The van der Waals surface area contributed by atoms with Crippen LogP contribution in [0.1, 0.15) is 0 Å². The quantitative estimate of drug-likeness (QED) is 0.666. The van der Waals surface area contributed by atoms with Crippen LogP contribution in [0.4, 0.5) is 10.2 Å². The molecule has 4 rings (SSSR count). The molecule has 1 saturated heterocycles. The number of amides is 1. The van der Waals surface area contributed by atoms with Gasteiger partial charge >= 0.3 is 0 Å². The second kappa shape index (κ2) is 8.03. The Bertz CT molecular complexity index is 924. The molecular weight excluding hydrogens is 363 g/mol. The summed E-state index contributed by atoms with van der Waals surface area (Å²) < 4.78 is 20.6. The highest BCUT2D eigenvalue weighted by molar-refractivity contribution is 5.78. The topological polar surface area (TPSA) is 76.4 Å². The van der Waals surface area contributed by atoms with Crippen molar-refractivity contribution in [2.45, 2.75) is 0 Å². The van der Waals surface area contributed by atoms with Gasteiger partial charge in [-0.15, -0.1) is 10.2 Å². The molecular formula is C19H19FN6O2. The van der Waals surface area contributed by atoms with Gasteiger partial charge < -0.3 is 14.5 Å². The molecule has 2 aromatic heterocycles. The number of hydrogen-bond donors (Lipinski definition) is 0. The number of piperazine rings is 1. The van der Waals surface area contributed by atoms with Gasteiger partial charge in [0.15, 0.2) is 29.8 Å². The third-order valence-electron chi connectivity index (χ3n) is 4.55. The molecule has 0 radical (unpaired) electrons. The summed E-state index contributed by atoms with van der Waals surface area (Å²) in [5.74, 6) is 0.906. The number of carbonyl (C=O) groups excluding carboxylic acids is 1. The van der Waals surface area contributed by atoms with Crippen molar-refractivity contribution >= 4 is 11.7 Å². The molecule has 144 valence electrons. The van der Waals surface area contributed by atoms with Gasteiger partial charge in [-0.05, 0) is 24.3 Å². The first-order valence-corrected chi connectivity index (χ1v) is 8.93. The van der Waals surface area contributed by atoms with E-state index < -0.39 is 5.82 Å². The number of para-hydroxylation sites is 1. The lowest BCUT2D eigenvalue weighted by Gasteiger charge is -2.35. The Morgan fingerprint density at radius 1 is 1.04 bits per heavy atom. The zero-order valence-corrected chi connectivity index (χ0v) is 15.1. The summed E-state index contributed by atoms with van der Waals surface area (Å²) >= 11 is 0. The number of anilines is 1. The molecule has 0 atom stereocenters. The van der Waals surface area contributed by atoms with Crippen molar-refractivity contribution in [1.29, 1.82) is 0 Å². The van der Waals surface area contributed by atoms with E-state index >= 15 is 0 Å². The highest BCUT2D eigenvalue weighted by Crippen LogP contribution is 2.17. The molecule has 1 aliphatic heterocycles. The van der Waals surface area contributed by atoms with E-state index in [1.807, 2.05) is 12.1 Å². The Morgan fingerprint density at radius 2 is 1.79 bits per heavy atom. The Morgan fingerprint density at radius 3 is 2.46 bits per heavy atom. The minimum absolute atomic E-state index is 0.0859. The third kappa shape index (κ3) is 3.93. The van der Waals surface area contributed by atoms with Crippen molar-refractivity contribution in [3.8, 4) is 11.6 Å². The second-order valence-corrected chi connectivity index (χ2v) is 6.31. The molecule has 1 aliphatic rings. The molecule has 0 aliphatic carbocycles. The summed E-state index contributed by atoms with van der Waals surface area (Å²) in [4.78, 5) is 20.1. The molecule has 0 unspecified atom stereocenters. The minimum Gasteiger partial charge on any atom is -0.481 e. The SMILES string of the molecule is O=C(COc1ccccc1F)N1CCN(c2ccc(-n3ccnc3)nn2)CC1. The maximum Gasteiger partial charge on any atom is 0.260 e. The number of aromatic nitrogens is 4. The Hall–Kier alpha value is -3.49. The molecule has 1 aromatic carbocycles. The van der Waals surface area contributed by atoms with E-state index in [2.05, 4.69) is 20.1 Å². The van der Waals surface area contributed by atoms with Gasteiger partial charge in [0.05, 0.1) is 0 Å². The molecule has 0 bridgehead atoms. The van der Waals surface area contributed by atoms with Gasteiger partial charge in [-0.3, -0.25) is 9.36 Å². The van der Waals surface area contributed by atoms with Gasteiger partial charge in [-0.25, -0.2) is 9.37 Å². The number of imidazole rings is 1. The number of nitrogens with zero attached hydrogens (tertiary/aromatic N) is 6. The monoisotopic (exact) mass is 382 g/mol. The van der Waals surface area contributed by atoms with Crippen molar-refractivity contribution in [3.63, 3.8) is 0 Å². The van der Waals surface area contributed by atoms with Crippen LogP contribution in [0.25, 0.3) is 5.82 Å². The van der Waals surface area contributed by atoms with Crippen molar-refractivity contribution < 1.29 is 13.9 Å². The van der Waals surface area contributed by atoms with Crippen molar-refractivity contribution in [1.82, 2.24) is 24.6 Å². The number of hydrogen-bond acceptors (Lipinski definition) is 6. The number of ether oxygens (including phenoxy) is 1. The lowest BCUT2D eigenvalue weighted by Crippen LogP contribution is -2.50. The highest BCUT2D eigenvalue weighted by Gasteiger charge is 2.22. The lowest BCUT2D eigenvalue weighted by atomic mass is 10.3. The summed E-state index contributed by atoms with van der Waals surface area (Å²) in [6.07, 6.45) is 5.15. The number of halogens is 1. The third-order valence-corrected chi connectivity index (χ3v) is 4.55. The zero-order valence-electron chi connectivity index (χ0n) is 15.1. The van der Waals surface area contributed by atoms with E-state index in [0.717, 1.165) is 5.82 Å². The lowest BCUT2D eigenvalue weighted by molar-refractivity contribution is -0.133. The number of carbonyl (C=O) groups is 1.